The average Bonchev–Trinajstić information content (AvgIpc) is 3.11. The molecule has 1 aromatic carbocycles. The minimum atomic E-state index is -0.760. The molecule has 7 nitrogen and oxygen atoms in total. The van der Waals surface area contributed by atoms with Crippen molar-refractivity contribution in [3.63, 3.8) is 0 Å². The standard InChI is InChI=1S/C23H18F2N4O3/c1-32-22-5-2-12(10-27-22)15-8-18(25)19(9-17(15)24)28-23(31)29-14-3-4-20(29)16-11-26-21(30)7-13(16)6-14/h2,5,7-11,14H,3-4,6H2,1H3,(H,28,31)/p+1/t14-/m0/s1. The first-order chi connectivity index (χ1) is 15.4. The maximum atomic E-state index is 14.8. The van der Waals surface area contributed by atoms with E-state index in [1.165, 1.54) is 13.3 Å². The molecule has 0 spiro atoms. The zero-order chi connectivity index (χ0) is 22.4. The molecule has 0 unspecified atom stereocenters. The number of carbonyl (C=O) groups excluding carboxylic acids is 1. The molecule has 0 fully saturated rings. The number of rotatable bonds is 3. The zero-order valence-corrected chi connectivity index (χ0v) is 17.1. The lowest BCUT2D eigenvalue weighted by Crippen LogP contribution is -2.39. The van der Waals surface area contributed by atoms with E-state index in [1.54, 1.807) is 29.0 Å². The van der Waals surface area contributed by atoms with Crippen molar-refractivity contribution < 1.29 is 22.9 Å². The van der Waals surface area contributed by atoms with Crippen LogP contribution in [0.15, 0.2) is 47.5 Å². The summed E-state index contributed by atoms with van der Waals surface area (Å²) in [7, 11) is 1.46. The first-order valence-corrected chi connectivity index (χ1v) is 10.1. The molecule has 0 radical (unpaired) electrons. The van der Waals surface area contributed by atoms with E-state index in [0.717, 1.165) is 35.4 Å². The molecule has 2 N–H and O–H groups in total. The summed E-state index contributed by atoms with van der Waals surface area (Å²) in [5.41, 5.74) is 2.45. The molecule has 2 aromatic heterocycles. The van der Waals surface area contributed by atoms with Crippen LogP contribution in [0.5, 0.6) is 5.88 Å². The zero-order valence-electron chi connectivity index (χ0n) is 17.1. The summed E-state index contributed by atoms with van der Waals surface area (Å²) in [4.78, 5) is 31.3. The lowest BCUT2D eigenvalue weighted by molar-refractivity contribution is -0.460. The van der Waals surface area contributed by atoms with Gasteiger partial charge in [-0.2, -0.15) is 9.37 Å². The van der Waals surface area contributed by atoms with Gasteiger partial charge in [0.1, 0.15) is 17.6 Å². The van der Waals surface area contributed by atoms with E-state index < -0.39 is 17.7 Å². The number of benzene rings is 1. The third-order valence-corrected chi connectivity index (χ3v) is 5.92. The Labute approximate surface area is 181 Å². The second-order valence-corrected chi connectivity index (χ2v) is 7.78. The highest BCUT2D eigenvalue weighted by Gasteiger charge is 2.41. The third kappa shape index (κ3) is 3.35. The Morgan fingerprint density at radius 2 is 2.06 bits per heavy atom. The molecule has 2 aliphatic rings. The first-order valence-electron chi connectivity index (χ1n) is 10.1. The summed E-state index contributed by atoms with van der Waals surface area (Å²) < 4.78 is 36.1. The topological polar surface area (TPSA) is 87.1 Å². The van der Waals surface area contributed by atoms with E-state index in [-0.39, 0.29) is 22.9 Å². The van der Waals surface area contributed by atoms with Crippen LogP contribution in [-0.2, 0) is 6.42 Å². The molecule has 0 saturated heterocycles. The van der Waals surface area contributed by atoms with Crippen LogP contribution in [0, 0.1) is 11.6 Å². The Bertz CT molecular complexity index is 1330. The molecule has 5 rings (SSSR count). The maximum Gasteiger partial charge on any atom is 0.496 e. The van der Waals surface area contributed by atoms with Gasteiger partial charge in [-0.05, 0) is 24.1 Å². The summed E-state index contributed by atoms with van der Waals surface area (Å²) in [6.07, 6.45) is 4.94. The number of aromatic nitrogens is 2. The molecule has 2 aliphatic heterocycles. The Morgan fingerprint density at radius 3 is 2.81 bits per heavy atom. The van der Waals surface area contributed by atoms with E-state index in [0.29, 0.717) is 24.3 Å². The molecule has 32 heavy (non-hydrogen) atoms. The van der Waals surface area contributed by atoms with Crippen molar-refractivity contribution in [1.82, 2.24) is 9.97 Å². The SMILES string of the molecule is COc1ccc(-c2cc(F)c(NC(=O)[N+]3=C4CC[C@H]3Cc3cc(=O)[nH]cc34)cc2F)cn1. The summed E-state index contributed by atoms with van der Waals surface area (Å²) in [6.45, 7) is 0. The molecule has 4 heterocycles. The van der Waals surface area contributed by atoms with Crippen molar-refractivity contribution in [2.24, 2.45) is 0 Å². The van der Waals surface area contributed by atoms with Gasteiger partial charge in [0, 0.05) is 60.1 Å². The number of pyridine rings is 2. The number of halogens is 2. The smallest absolute Gasteiger partial charge is 0.481 e. The minimum Gasteiger partial charge on any atom is -0.481 e. The number of methoxy groups -OCH3 is 1. The summed E-state index contributed by atoms with van der Waals surface area (Å²) >= 11 is 0. The van der Waals surface area contributed by atoms with Crippen LogP contribution >= 0.6 is 0 Å². The lowest BCUT2D eigenvalue weighted by Gasteiger charge is -2.19. The molecule has 1 atom stereocenters. The second kappa shape index (κ2) is 7.67. The number of aromatic amines is 1. The number of carbonyl (C=O) groups is 1. The van der Waals surface area contributed by atoms with Gasteiger partial charge in [-0.3, -0.25) is 4.79 Å². The molecule has 0 saturated carbocycles. The van der Waals surface area contributed by atoms with E-state index in [2.05, 4.69) is 15.3 Å². The van der Waals surface area contributed by atoms with Crippen LogP contribution in [0.3, 0.4) is 0 Å². The monoisotopic (exact) mass is 437 g/mol. The maximum absolute atomic E-state index is 14.8. The predicted molar refractivity (Wildman–Crippen MR) is 113 cm³/mol. The number of fused-ring (bicyclic) bond motifs is 3. The quantitative estimate of drug-likeness (QED) is 0.615. The number of anilines is 1. The molecule has 2 bridgehead atoms. The van der Waals surface area contributed by atoms with Gasteiger partial charge in [0.15, 0.2) is 11.5 Å². The van der Waals surface area contributed by atoms with E-state index >= 15 is 0 Å². The van der Waals surface area contributed by atoms with Gasteiger partial charge in [-0.15, -0.1) is 0 Å². The molecule has 0 aliphatic carbocycles. The van der Waals surface area contributed by atoms with Crippen LogP contribution < -0.4 is 15.6 Å². The van der Waals surface area contributed by atoms with Crippen LogP contribution in [0.25, 0.3) is 11.1 Å². The number of nitrogens with one attached hydrogen (secondary N) is 2. The number of ether oxygens (including phenoxy) is 1. The minimum absolute atomic E-state index is 0.0287. The Balaban J connectivity index is 1.45. The van der Waals surface area contributed by atoms with Gasteiger partial charge < -0.3 is 9.72 Å². The van der Waals surface area contributed by atoms with Gasteiger partial charge >= 0.3 is 6.03 Å². The highest BCUT2D eigenvalue weighted by molar-refractivity contribution is 6.03. The van der Waals surface area contributed by atoms with E-state index in [9.17, 15) is 18.4 Å². The molecule has 2 amide bonds. The Hall–Kier alpha value is -3.88. The van der Waals surface area contributed by atoms with Crippen molar-refractivity contribution in [3.8, 4) is 17.0 Å². The van der Waals surface area contributed by atoms with Crippen molar-refractivity contribution in [2.75, 3.05) is 12.4 Å². The van der Waals surface area contributed by atoms with Gasteiger partial charge in [0.2, 0.25) is 11.4 Å². The van der Waals surface area contributed by atoms with Gasteiger partial charge in [0.25, 0.3) is 0 Å². The van der Waals surface area contributed by atoms with Gasteiger partial charge in [0.05, 0.1) is 7.11 Å². The van der Waals surface area contributed by atoms with Crippen LogP contribution in [0.1, 0.15) is 24.0 Å². The summed E-state index contributed by atoms with van der Waals surface area (Å²) in [5, 5.41) is 2.50. The third-order valence-electron chi connectivity index (χ3n) is 5.92. The summed E-state index contributed by atoms with van der Waals surface area (Å²) in [5.74, 6) is -1.09. The number of urea groups is 1. The Morgan fingerprint density at radius 1 is 1.22 bits per heavy atom. The fourth-order valence-electron chi connectivity index (χ4n) is 4.42. The fraction of sp³-hybridized carbons (Fsp3) is 0.217. The highest BCUT2D eigenvalue weighted by atomic mass is 19.1. The number of hydrogen-bond donors (Lipinski definition) is 2. The molecule has 162 valence electrons. The number of H-pyrrole nitrogens is 1. The number of amides is 2. The normalized spacial score (nSPS) is 16.7. The van der Waals surface area contributed by atoms with Gasteiger partial charge in [-0.25, -0.2) is 19.1 Å². The number of nitrogens with zero attached hydrogens (tertiary/aromatic N) is 2. The lowest BCUT2D eigenvalue weighted by atomic mass is 9.99. The van der Waals surface area contributed by atoms with Crippen molar-refractivity contribution >= 4 is 17.4 Å². The predicted octanol–water partition coefficient (Wildman–Crippen LogP) is 3.48. The van der Waals surface area contributed by atoms with Crippen molar-refractivity contribution in [3.05, 3.63) is 75.8 Å². The van der Waals surface area contributed by atoms with Crippen LogP contribution in [-0.4, -0.2) is 39.4 Å². The fourth-order valence-corrected chi connectivity index (χ4v) is 4.42. The Kier molecular flexibility index (Phi) is 4.80. The van der Waals surface area contributed by atoms with E-state index in [1.807, 2.05) is 0 Å². The largest absolute Gasteiger partial charge is 0.496 e. The highest BCUT2D eigenvalue weighted by Crippen LogP contribution is 2.31. The van der Waals surface area contributed by atoms with Crippen LogP contribution in [0.4, 0.5) is 19.3 Å². The average molecular weight is 437 g/mol. The van der Waals surface area contributed by atoms with Crippen LogP contribution in [0.2, 0.25) is 0 Å². The number of hydrogen-bond acceptors (Lipinski definition) is 4. The van der Waals surface area contributed by atoms with Crippen molar-refractivity contribution in [1.29, 1.82) is 0 Å². The molecule has 9 heteroatoms. The molecular weight excluding hydrogens is 418 g/mol. The second-order valence-electron chi connectivity index (χ2n) is 7.78. The van der Waals surface area contributed by atoms with Gasteiger partial charge in [-0.1, -0.05) is 0 Å². The molecular formula is C23H19F2N4O3+. The van der Waals surface area contributed by atoms with E-state index in [4.69, 9.17) is 4.74 Å². The first kappa shape index (κ1) is 20.0. The summed E-state index contributed by atoms with van der Waals surface area (Å²) in [6, 6.07) is 6.02. The van der Waals surface area contributed by atoms with Crippen molar-refractivity contribution in [2.45, 2.75) is 25.3 Å². The molecule has 3 aromatic rings.